The van der Waals surface area contributed by atoms with Crippen molar-refractivity contribution in [1.29, 1.82) is 0 Å². The van der Waals surface area contributed by atoms with Gasteiger partial charge in [0.15, 0.2) is 11.5 Å². The molecule has 3 N–H and O–H groups in total. The second kappa shape index (κ2) is 4.30. The number of carbonyl (C=O) groups is 1. The van der Waals surface area contributed by atoms with Crippen molar-refractivity contribution < 1.29 is 4.79 Å². The van der Waals surface area contributed by atoms with E-state index in [0.29, 0.717) is 11.8 Å². The highest BCUT2D eigenvalue weighted by molar-refractivity contribution is 5.90. The molecule has 2 rings (SSSR count). The number of hydrogen-bond donors (Lipinski definition) is 2. The smallest absolute Gasteiger partial charge is 0.269 e. The van der Waals surface area contributed by atoms with E-state index in [0.717, 1.165) is 0 Å². The zero-order chi connectivity index (χ0) is 11.4. The number of amides is 1. The summed E-state index contributed by atoms with van der Waals surface area (Å²) in [6.45, 7) is 0. The van der Waals surface area contributed by atoms with Gasteiger partial charge in [-0.3, -0.25) is 4.79 Å². The van der Waals surface area contributed by atoms with Gasteiger partial charge in [-0.05, 0) is 18.2 Å². The molecule has 0 radical (unpaired) electrons. The molecule has 0 unspecified atom stereocenters. The number of aromatic nitrogens is 4. The van der Waals surface area contributed by atoms with Gasteiger partial charge in [-0.25, -0.2) is 9.97 Å². The van der Waals surface area contributed by atoms with Crippen LogP contribution in [0.2, 0.25) is 0 Å². The Labute approximate surface area is 90.8 Å². The van der Waals surface area contributed by atoms with Crippen LogP contribution in [0.3, 0.4) is 0 Å². The molecule has 0 aliphatic rings. The van der Waals surface area contributed by atoms with E-state index in [4.69, 9.17) is 5.73 Å². The predicted octanol–water partition coefficient (Wildman–Crippen LogP) is 0.109. The van der Waals surface area contributed by atoms with Crippen LogP contribution in [0.25, 0.3) is 0 Å². The van der Waals surface area contributed by atoms with Crippen LogP contribution in [-0.2, 0) is 0 Å². The maximum Gasteiger partial charge on any atom is 0.269 e. The van der Waals surface area contributed by atoms with E-state index in [1.807, 2.05) is 0 Å². The molecule has 0 saturated heterocycles. The summed E-state index contributed by atoms with van der Waals surface area (Å²) in [6, 6.07) is 4.75. The van der Waals surface area contributed by atoms with Gasteiger partial charge in [0.25, 0.3) is 5.91 Å². The van der Waals surface area contributed by atoms with E-state index in [2.05, 4.69) is 25.5 Å². The Bertz CT molecular complexity index is 483. The van der Waals surface area contributed by atoms with E-state index >= 15 is 0 Å². The first-order valence-electron chi connectivity index (χ1n) is 4.43. The molecule has 0 aromatic carbocycles. The number of rotatable bonds is 3. The molecule has 1 amide bonds. The number of nitrogens with two attached hydrogens (primary N) is 1. The third-order valence-corrected chi connectivity index (χ3v) is 1.72. The average molecular weight is 216 g/mol. The molecule has 2 heterocycles. The van der Waals surface area contributed by atoms with Crippen molar-refractivity contribution in [1.82, 2.24) is 20.2 Å². The SMILES string of the molecule is NC(=O)c1ccc(Nc2ncccn2)nn1. The van der Waals surface area contributed by atoms with Crippen LogP contribution in [0, 0.1) is 0 Å². The van der Waals surface area contributed by atoms with Crippen molar-refractivity contribution >= 4 is 17.7 Å². The fourth-order valence-corrected chi connectivity index (χ4v) is 1.01. The summed E-state index contributed by atoms with van der Waals surface area (Å²) in [5.41, 5.74) is 5.14. The summed E-state index contributed by atoms with van der Waals surface area (Å²) >= 11 is 0. The summed E-state index contributed by atoms with van der Waals surface area (Å²) in [4.78, 5) is 18.6. The molecule has 7 heteroatoms. The Kier molecular flexibility index (Phi) is 2.68. The third-order valence-electron chi connectivity index (χ3n) is 1.72. The summed E-state index contributed by atoms with van der Waals surface area (Å²) in [6.07, 6.45) is 3.20. The van der Waals surface area contributed by atoms with Gasteiger partial charge in [0, 0.05) is 12.4 Å². The summed E-state index contributed by atoms with van der Waals surface area (Å²) in [5.74, 6) is 0.231. The maximum absolute atomic E-state index is 10.7. The van der Waals surface area contributed by atoms with Crippen LogP contribution in [0.1, 0.15) is 10.5 Å². The molecule has 0 fully saturated rings. The Morgan fingerprint density at radius 1 is 1.19 bits per heavy atom. The van der Waals surface area contributed by atoms with Crippen molar-refractivity contribution in [3.05, 3.63) is 36.3 Å². The highest BCUT2D eigenvalue weighted by atomic mass is 16.1. The number of nitrogens with one attached hydrogen (secondary N) is 1. The van der Waals surface area contributed by atoms with Crippen LogP contribution < -0.4 is 11.1 Å². The Morgan fingerprint density at radius 3 is 2.50 bits per heavy atom. The molecule has 0 bridgehead atoms. The van der Waals surface area contributed by atoms with Crippen molar-refractivity contribution in [3.63, 3.8) is 0 Å². The van der Waals surface area contributed by atoms with Crippen LogP contribution in [-0.4, -0.2) is 26.1 Å². The molecule has 80 valence electrons. The van der Waals surface area contributed by atoms with E-state index in [1.54, 1.807) is 24.5 Å². The zero-order valence-electron chi connectivity index (χ0n) is 8.16. The first-order valence-corrected chi connectivity index (χ1v) is 4.43. The minimum absolute atomic E-state index is 0.111. The molecule has 0 aliphatic carbocycles. The van der Waals surface area contributed by atoms with Crippen LogP contribution in [0.15, 0.2) is 30.6 Å². The first kappa shape index (κ1) is 9.97. The molecular formula is C9H8N6O. The average Bonchev–Trinajstić information content (AvgIpc) is 2.31. The highest BCUT2D eigenvalue weighted by Gasteiger charge is 2.03. The molecular weight excluding hydrogens is 208 g/mol. The normalized spacial score (nSPS) is 9.75. The van der Waals surface area contributed by atoms with E-state index in [-0.39, 0.29) is 5.69 Å². The van der Waals surface area contributed by atoms with E-state index in [1.165, 1.54) is 6.07 Å². The number of carbonyl (C=O) groups excluding carboxylic acids is 1. The second-order valence-corrected chi connectivity index (χ2v) is 2.87. The van der Waals surface area contributed by atoms with Gasteiger partial charge in [-0.1, -0.05) is 0 Å². The van der Waals surface area contributed by atoms with Crippen LogP contribution in [0.4, 0.5) is 11.8 Å². The summed E-state index contributed by atoms with van der Waals surface area (Å²) in [5, 5.41) is 10.2. The lowest BCUT2D eigenvalue weighted by Gasteiger charge is -2.01. The lowest BCUT2D eigenvalue weighted by molar-refractivity contribution is 0.0994. The number of hydrogen-bond acceptors (Lipinski definition) is 6. The number of primary amides is 1. The van der Waals surface area contributed by atoms with Gasteiger partial charge in [0.1, 0.15) is 0 Å². The fourth-order valence-electron chi connectivity index (χ4n) is 1.01. The Morgan fingerprint density at radius 2 is 1.94 bits per heavy atom. The van der Waals surface area contributed by atoms with Gasteiger partial charge in [-0.2, -0.15) is 0 Å². The lowest BCUT2D eigenvalue weighted by atomic mass is 10.4. The van der Waals surface area contributed by atoms with Gasteiger partial charge in [-0.15, -0.1) is 10.2 Å². The van der Waals surface area contributed by atoms with Crippen LogP contribution in [0.5, 0.6) is 0 Å². The molecule has 0 spiro atoms. The zero-order valence-corrected chi connectivity index (χ0v) is 8.16. The van der Waals surface area contributed by atoms with Crippen molar-refractivity contribution in [3.8, 4) is 0 Å². The monoisotopic (exact) mass is 216 g/mol. The Balaban J connectivity index is 2.14. The third kappa shape index (κ3) is 2.27. The van der Waals surface area contributed by atoms with Gasteiger partial charge in [0.05, 0.1) is 0 Å². The molecule has 0 saturated carbocycles. The fraction of sp³-hybridized carbons (Fsp3) is 0. The van der Waals surface area contributed by atoms with Gasteiger partial charge in [0.2, 0.25) is 5.95 Å². The largest absolute Gasteiger partial charge is 0.364 e. The molecule has 2 aromatic rings. The van der Waals surface area contributed by atoms with Gasteiger partial charge >= 0.3 is 0 Å². The summed E-state index contributed by atoms with van der Waals surface area (Å²) in [7, 11) is 0. The highest BCUT2D eigenvalue weighted by Crippen LogP contribution is 2.07. The number of nitrogens with zero attached hydrogens (tertiary/aromatic N) is 4. The topological polar surface area (TPSA) is 107 Å². The predicted molar refractivity (Wildman–Crippen MR) is 55.9 cm³/mol. The molecule has 0 aliphatic heterocycles. The van der Waals surface area contributed by atoms with E-state index in [9.17, 15) is 4.79 Å². The second-order valence-electron chi connectivity index (χ2n) is 2.87. The standard InChI is InChI=1S/C9H8N6O/c10-8(16)6-2-3-7(15-14-6)13-9-11-4-1-5-12-9/h1-5H,(H2,10,16)(H,11,12,13,15). The lowest BCUT2D eigenvalue weighted by Crippen LogP contribution is -2.14. The molecule has 2 aromatic heterocycles. The first-order chi connectivity index (χ1) is 7.75. The minimum atomic E-state index is -0.616. The van der Waals surface area contributed by atoms with Crippen molar-refractivity contribution in [2.75, 3.05) is 5.32 Å². The minimum Gasteiger partial charge on any atom is -0.364 e. The quantitative estimate of drug-likeness (QED) is 0.754. The Hall–Kier alpha value is -2.57. The maximum atomic E-state index is 10.7. The van der Waals surface area contributed by atoms with Crippen molar-refractivity contribution in [2.24, 2.45) is 5.73 Å². The van der Waals surface area contributed by atoms with Crippen LogP contribution >= 0.6 is 0 Å². The molecule has 16 heavy (non-hydrogen) atoms. The molecule has 7 nitrogen and oxygen atoms in total. The molecule has 0 atom stereocenters. The van der Waals surface area contributed by atoms with Crippen molar-refractivity contribution in [2.45, 2.75) is 0 Å². The van der Waals surface area contributed by atoms with E-state index < -0.39 is 5.91 Å². The van der Waals surface area contributed by atoms with Gasteiger partial charge < -0.3 is 11.1 Å². The number of anilines is 2. The summed E-state index contributed by atoms with van der Waals surface area (Å²) < 4.78 is 0.